The molecular weight excluding hydrogens is 445 g/mol. The van der Waals surface area contributed by atoms with Gasteiger partial charge >= 0.3 is 0 Å². The molecular formula is C13H11FI2O. The highest BCUT2D eigenvalue weighted by atomic mass is 127. The van der Waals surface area contributed by atoms with E-state index in [1.165, 1.54) is 9.64 Å². The van der Waals surface area contributed by atoms with Crippen molar-refractivity contribution in [2.75, 3.05) is 7.11 Å². The molecule has 0 aliphatic carbocycles. The first kappa shape index (κ1) is 14.7. The number of halogens is 3. The van der Waals surface area contributed by atoms with Gasteiger partial charge in [0.05, 0.1) is 7.11 Å². The first-order chi connectivity index (χ1) is 8.13. The van der Waals surface area contributed by atoms with Gasteiger partial charge in [0.1, 0.15) is 11.6 Å². The second kappa shape index (κ2) is 7.86. The Morgan fingerprint density at radius 2 is 1.53 bits per heavy atom. The summed E-state index contributed by atoms with van der Waals surface area (Å²) in [5.41, 5.74) is 0. The highest BCUT2D eigenvalue weighted by Gasteiger charge is 1.90. The molecule has 0 aromatic heterocycles. The SMILES string of the molecule is COc1ccc(I)cc1.Fc1ccccc1I. The normalized spacial score (nSPS) is 9.18. The molecule has 0 atom stereocenters. The van der Waals surface area contributed by atoms with Gasteiger partial charge in [-0.05, 0) is 81.6 Å². The maximum Gasteiger partial charge on any atom is 0.136 e. The number of rotatable bonds is 1. The summed E-state index contributed by atoms with van der Waals surface area (Å²) >= 11 is 4.21. The second-order valence-electron chi connectivity index (χ2n) is 3.07. The zero-order chi connectivity index (χ0) is 12.7. The van der Waals surface area contributed by atoms with Crippen LogP contribution in [0.15, 0.2) is 48.5 Å². The third-order valence-corrected chi connectivity index (χ3v) is 3.47. The molecule has 0 N–H and O–H groups in total. The van der Waals surface area contributed by atoms with Gasteiger partial charge in [0, 0.05) is 7.14 Å². The maximum absolute atomic E-state index is 12.3. The molecule has 1 nitrogen and oxygen atoms in total. The Labute approximate surface area is 128 Å². The van der Waals surface area contributed by atoms with Crippen molar-refractivity contribution in [1.82, 2.24) is 0 Å². The van der Waals surface area contributed by atoms with E-state index < -0.39 is 0 Å². The van der Waals surface area contributed by atoms with E-state index in [0.29, 0.717) is 3.57 Å². The minimum absolute atomic E-state index is 0.145. The maximum atomic E-state index is 12.3. The van der Waals surface area contributed by atoms with Gasteiger partial charge in [-0.1, -0.05) is 12.1 Å². The zero-order valence-corrected chi connectivity index (χ0v) is 13.5. The molecule has 0 spiro atoms. The van der Waals surface area contributed by atoms with E-state index in [-0.39, 0.29) is 5.82 Å². The summed E-state index contributed by atoms with van der Waals surface area (Å²) in [6, 6.07) is 14.6. The van der Waals surface area contributed by atoms with Crippen LogP contribution in [-0.4, -0.2) is 7.11 Å². The van der Waals surface area contributed by atoms with Crippen molar-refractivity contribution in [1.29, 1.82) is 0 Å². The highest BCUT2D eigenvalue weighted by Crippen LogP contribution is 2.12. The van der Waals surface area contributed by atoms with E-state index in [4.69, 9.17) is 4.74 Å². The van der Waals surface area contributed by atoms with Crippen LogP contribution in [0.1, 0.15) is 0 Å². The van der Waals surface area contributed by atoms with Crippen LogP contribution in [0.5, 0.6) is 5.75 Å². The van der Waals surface area contributed by atoms with E-state index in [1.807, 2.05) is 52.9 Å². The summed E-state index contributed by atoms with van der Waals surface area (Å²) in [6.45, 7) is 0. The van der Waals surface area contributed by atoms with Gasteiger partial charge in [-0.25, -0.2) is 4.39 Å². The Kier molecular flexibility index (Phi) is 6.79. The van der Waals surface area contributed by atoms with E-state index in [2.05, 4.69) is 22.6 Å². The number of methoxy groups -OCH3 is 1. The summed E-state index contributed by atoms with van der Waals surface area (Å²) < 4.78 is 19.2. The summed E-state index contributed by atoms with van der Waals surface area (Å²) in [5, 5.41) is 0. The Morgan fingerprint density at radius 3 is 1.94 bits per heavy atom. The molecule has 0 unspecified atom stereocenters. The largest absolute Gasteiger partial charge is 0.497 e. The molecule has 0 bridgehead atoms. The summed E-state index contributed by atoms with van der Waals surface area (Å²) in [6.07, 6.45) is 0. The minimum Gasteiger partial charge on any atom is -0.497 e. The van der Waals surface area contributed by atoms with Gasteiger partial charge < -0.3 is 4.74 Å². The lowest BCUT2D eigenvalue weighted by molar-refractivity contribution is 0.414. The first-order valence-electron chi connectivity index (χ1n) is 4.83. The van der Waals surface area contributed by atoms with Crippen molar-refractivity contribution in [2.24, 2.45) is 0 Å². The van der Waals surface area contributed by atoms with Gasteiger partial charge in [0.25, 0.3) is 0 Å². The van der Waals surface area contributed by atoms with Gasteiger partial charge in [-0.15, -0.1) is 0 Å². The van der Waals surface area contributed by atoms with Crippen LogP contribution >= 0.6 is 45.2 Å². The smallest absolute Gasteiger partial charge is 0.136 e. The van der Waals surface area contributed by atoms with E-state index in [0.717, 1.165) is 5.75 Å². The molecule has 0 fully saturated rings. The molecule has 2 aromatic carbocycles. The molecule has 0 amide bonds. The molecule has 17 heavy (non-hydrogen) atoms. The number of benzene rings is 2. The van der Waals surface area contributed by atoms with Gasteiger partial charge in [0.2, 0.25) is 0 Å². The van der Waals surface area contributed by atoms with Crippen LogP contribution < -0.4 is 4.74 Å². The van der Waals surface area contributed by atoms with Gasteiger partial charge in [-0.3, -0.25) is 0 Å². The quantitative estimate of drug-likeness (QED) is 0.565. The second-order valence-corrected chi connectivity index (χ2v) is 5.48. The molecule has 0 saturated carbocycles. The average molecular weight is 456 g/mol. The fourth-order valence-electron chi connectivity index (χ4n) is 1.01. The lowest BCUT2D eigenvalue weighted by atomic mass is 10.3. The molecule has 4 heteroatoms. The predicted octanol–water partition coefficient (Wildman–Crippen LogP) is 4.73. The van der Waals surface area contributed by atoms with Crippen molar-refractivity contribution in [2.45, 2.75) is 0 Å². The van der Waals surface area contributed by atoms with Crippen LogP contribution in [0.3, 0.4) is 0 Å². The number of hydrogen-bond acceptors (Lipinski definition) is 1. The average Bonchev–Trinajstić information content (AvgIpc) is 2.35. The van der Waals surface area contributed by atoms with Crippen molar-refractivity contribution in [3.05, 3.63) is 61.5 Å². The Bertz CT molecular complexity index is 436. The summed E-state index contributed by atoms with van der Waals surface area (Å²) in [4.78, 5) is 0. The monoisotopic (exact) mass is 456 g/mol. The standard InChI is InChI=1S/C7H7IO.C6H4FI/c1-9-7-4-2-6(8)3-5-7;7-5-3-1-2-4-6(5)8/h2-5H,1H3;1-4H. The Balaban J connectivity index is 0.000000171. The lowest BCUT2D eigenvalue weighted by Crippen LogP contribution is -1.80. The molecule has 2 aromatic rings. The van der Waals surface area contributed by atoms with Gasteiger partial charge in [0.15, 0.2) is 0 Å². The first-order valence-corrected chi connectivity index (χ1v) is 6.99. The predicted molar refractivity (Wildman–Crippen MR) is 84.8 cm³/mol. The van der Waals surface area contributed by atoms with Crippen LogP contribution in [-0.2, 0) is 0 Å². The fraction of sp³-hybridized carbons (Fsp3) is 0.0769. The van der Waals surface area contributed by atoms with Gasteiger partial charge in [-0.2, -0.15) is 0 Å². The summed E-state index contributed by atoms with van der Waals surface area (Å²) in [5.74, 6) is 0.767. The third-order valence-electron chi connectivity index (χ3n) is 1.87. The number of hydrogen-bond donors (Lipinski definition) is 0. The van der Waals surface area contributed by atoms with Crippen molar-refractivity contribution < 1.29 is 9.13 Å². The molecule has 90 valence electrons. The highest BCUT2D eigenvalue weighted by molar-refractivity contribution is 14.1. The van der Waals surface area contributed by atoms with Crippen molar-refractivity contribution in [3.8, 4) is 5.75 Å². The van der Waals surface area contributed by atoms with Crippen LogP contribution in [0, 0.1) is 13.0 Å². The lowest BCUT2D eigenvalue weighted by Gasteiger charge is -1.96. The van der Waals surface area contributed by atoms with E-state index >= 15 is 0 Å². The molecule has 2 rings (SSSR count). The van der Waals surface area contributed by atoms with E-state index in [9.17, 15) is 4.39 Å². The fourth-order valence-corrected chi connectivity index (χ4v) is 1.76. The Morgan fingerprint density at radius 1 is 0.941 bits per heavy atom. The Hall–Kier alpha value is -0.370. The van der Waals surface area contributed by atoms with Crippen molar-refractivity contribution >= 4 is 45.2 Å². The molecule has 0 aliphatic rings. The summed E-state index contributed by atoms with van der Waals surface area (Å²) in [7, 11) is 1.67. The van der Waals surface area contributed by atoms with Crippen LogP contribution in [0.2, 0.25) is 0 Å². The molecule has 0 saturated heterocycles. The minimum atomic E-state index is -0.145. The van der Waals surface area contributed by atoms with Crippen LogP contribution in [0.4, 0.5) is 4.39 Å². The topological polar surface area (TPSA) is 9.23 Å². The number of ether oxygens (including phenoxy) is 1. The van der Waals surface area contributed by atoms with E-state index in [1.54, 1.807) is 19.2 Å². The third kappa shape index (κ3) is 5.67. The molecule has 0 radical (unpaired) electrons. The zero-order valence-electron chi connectivity index (χ0n) is 9.16. The van der Waals surface area contributed by atoms with Crippen molar-refractivity contribution in [3.63, 3.8) is 0 Å². The molecule has 0 aliphatic heterocycles. The van der Waals surface area contributed by atoms with Crippen LogP contribution in [0.25, 0.3) is 0 Å². The molecule has 0 heterocycles.